The minimum Gasteiger partial charge on any atom is -0.232 e. The highest BCUT2D eigenvalue weighted by Gasteiger charge is 2.23. The lowest BCUT2D eigenvalue weighted by Gasteiger charge is -2.12. The zero-order valence-electron chi connectivity index (χ0n) is 16.7. The van der Waals surface area contributed by atoms with Crippen molar-refractivity contribution in [2.45, 2.75) is 6.92 Å². The van der Waals surface area contributed by atoms with Gasteiger partial charge in [-0.3, -0.25) is 0 Å². The highest BCUT2D eigenvalue weighted by atomic mass is 35.5. The van der Waals surface area contributed by atoms with E-state index in [0.717, 1.165) is 11.3 Å². The van der Waals surface area contributed by atoms with E-state index < -0.39 is 5.82 Å². The normalized spacial score (nSPS) is 11.1. The molecule has 0 amide bonds. The van der Waals surface area contributed by atoms with Gasteiger partial charge in [0.05, 0.1) is 38.9 Å². The molecular formula is C23H15Cl2FN6. The Balaban J connectivity index is 1.76. The quantitative estimate of drug-likeness (QED) is 0.330. The average Bonchev–Trinajstić information content (AvgIpc) is 3.44. The number of rotatable bonds is 4. The van der Waals surface area contributed by atoms with Gasteiger partial charge in [-0.2, -0.15) is 9.78 Å². The molecule has 0 aliphatic carbocycles. The van der Waals surface area contributed by atoms with Crippen LogP contribution in [0.5, 0.6) is 0 Å². The van der Waals surface area contributed by atoms with Crippen LogP contribution in [-0.4, -0.2) is 30.0 Å². The van der Waals surface area contributed by atoms with Crippen molar-refractivity contribution in [2.24, 2.45) is 0 Å². The van der Waals surface area contributed by atoms with Crippen LogP contribution in [0.15, 0.2) is 72.9 Å². The minimum atomic E-state index is -0.398. The van der Waals surface area contributed by atoms with E-state index in [2.05, 4.69) is 20.6 Å². The maximum Gasteiger partial charge on any atom is 0.190 e. The number of halogens is 3. The fourth-order valence-electron chi connectivity index (χ4n) is 3.45. The number of hydrogen-bond donors (Lipinski definition) is 0. The lowest BCUT2D eigenvalue weighted by atomic mass is 10.1. The van der Waals surface area contributed by atoms with Gasteiger partial charge in [0.1, 0.15) is 5.82 Å². The molecule has 9 heteroatoms. The summed E-state index contributed by atoms with van der Waals surface area (Å²) < 4.78 is 18.1. The first-order valence-electron chi connectivity index (χ1n) is 9.67. The summed E-state index contributed by atoms with van der Waals surface area (Å²) in [4.78, 5) is 0. The van der Waals surface area contributed by atoms with Crippen LogP contribution in [0.1, 0.15) is 5.56 Å². The van der Waals surface area contributed by atoms with E-state index >= 15 is 0 Å². The zero-order valence-corrected chi connectivity index (χ0v) is 18.3. The van der Waals surface area contributed by atoms with Gasteiger partial charge in [-0.15, -0.1) is 5.10 Å². The third-order valence-electron chi connectivity index (χ3n) is 5.03. The monoisotopic (exact) mass is 464 g/mol. The molecule has 2 heterocycles. The van der Waals surface area contributed by atoms with Crippen LogP contribution in [0.2, 0.25) is 10.0 Å². The third kappa shape index (κ3) is 3.55. The number of nitrogens with zero attached hydrogens (tertiary/aromatic N) is 6. The Morgan fingerprint density at radius 3 is 2.31 bits per heavy atom. The molecule has 0 radical (unpaired) electrons. The lowest BCUT2D eigenvalue weighted by molar-refractivity contribution is 0.629. The van der Waals surface area contributed by atoms with Crippen molar-refractivity contribution in [2.75, 3.05) is 0 Å². The van der Waals surface area contributed by atoms with Crippen molar-refractivity contribution in [3.05, 3.63) is 94.4 Å². The van der Waals surface area contributed by atoms with Crippen LogP contribution >= 0.6 is 23.2 Å². The van der Waals surface area contributed by atoms with Crippen LogP contribution in [0.3, 0.4) is 0 Å². The van der Waals surface area contributed by atoms with Gasteiger partial charge in [-0.25, -0.2) is 9.07 Å². The number of benzene rings is 3. The molecule has 0 aliphatic heterocycles. The largest absolute Gasteiger partial charge is 0.232 e. The van der Waals surface area contributed by atoms with Gasteiger partial charge in [0, 0.05) is 5.56 Å². The number of hydrogen-bond acceptors (Lipinski definition) is 4. The second-order valence-corrected chi connectivity index (χ2v) is 7.96. The molecule has 0 unspecified atom stereocenters. The summed E-state index contributed by atoms with van der Waals surface area (Å²) in [5.74, 6) is 0.0309. The first kappa shape index (κ1) is 20.4. The Labute approximate surface area is 192 Å². The van der Waals surface area contributed by atoms with Crippen LogP contribution in [0.25, 0.3) is 34.0 Å². The minimum absolute atomic E-state index is 0.351. The first-order valence-corrected chi connectivity index (χ1v) is 10.4. The van der Waals surface area contributed by atoms with E-state index in [1.54, 1.807) is 52.0 Å². The predicted molar refractivity (Wildman–Crippen MR) is 122 cm³/mol. The first-order chi connectivity index (χ1) is 15.5. The van der Waals surface area contributed by atoms with Crippen LogP contribution in [0.4, 0.5) is 4.39 Å². The molecule has 0 fully saturated rings. The molecule has 32 heavy (non-hydrogen) atoms. The molecular weight excluding hydrogens is 450 g/mol. The summed E-state index contributed by atoms with van der Waals surface area (Å²) >= 11 is 12.3. The summed E-state index contributed by atoms with van der Waals surface area (Å²) in [6, 6.07) is 19.4. The molecule has 0 saturated carbocycles. The van der Waals surface area contributed by atoms with Crippen molar-refractivity contribution >= 4 is 23.2 Å². The zero-order chi connectivity index (χ0) is 22.2. The lowest BCUT2D eigenvalue weighted by Crippen LogP contribution is -2.03. The van der Waals surface area contributed by atoms with Gasteiger partial charge in [0.25, 0.3) is 0 Å². The van der Waals surface area contributed by atoms with Crippen LogP contribution in [0, 0.1) is 12.7 Å². The maximum atomic E-state index is 14.9. The highest BCUT2D eigenvalue weighted by Crippen LogP contribution is 2.36. The van der Waals surface area contributed by atoms with E-state index in [1.807, 2.05) is 31.2 Å². The predicted octanol–water partition coefficient (Wildman–Crippen LogP) is 5.94. The third-order valence-corrected chi connectivity index (χ3v) is 5.77. The molecule has 0 atom stereocenters. The summed E-state index contributed by atoms with van der Waals surface area (Å²) in [6.45, 7) is 2.00. The molecule has 5 aromatic rings. The Bertz CT molecular complexity index is 1420. The summed E-state index contributed by atoms with van der Waals surface area (Å²) in [6.07, 6.45) is 1.61. The van der Waals surface area contributed by atoms with Gasteiger partial charge in [-0.1, -0.05) is 53.0 Å². The second kappa shape index (κ2) is 8.18. The molecule has 0 bridgehead atoms. The van der Waals surface area contributed by atoms with Crippen molar-refractivity contribution in [3.8, 4) is 34.0 Å². The van der Waals surface area contributed by atoms with E-state index in [1.165, 1.54) is 6.07 Å². The Kier molecular flexibility index (Phi) is 5.20. The standard InChI is InChI=1S/C23H15Cl2FN6/c1-14-6-8-15(9-7-14)32-23(28-29-30-32)18-13-27-31(16-10-11-19(24)20(25)12-16)22(18)17-4-2-3-5-21(17)26/h2-13H,1H3. The maximum absolute atomic E-state index is 14.9. The SMILES string of the molecule is Cc1ccc(-n2nnnc2-c2cnn(-c3ccc(Cl)c(Cl)c3)c2-c2ccccc2F)cc1. The van der Waals surface area contributed by atoms with Crippen molar-refractivity contribution in [3.63, 3.8) is 0 Å². The van der Waals surface area contributed by atoms with Crippen LogP contribution < -0.4 is 0 Å². The van der Waals surface area contributed by atoms with E-state index in [4.69, 9.17) is 23.2 Å². The molecule has 6 nitrogen and oxygen atoms in total. The van der Waals surface area contributed by atoms with Crippen molar-refractivity contribution < 1.29 is 4.39 Å². The van der Waals surface area contributed by atoms with E-state index in [0.29, 0.717) is 38.4 Å². The van der Waals surface area contributed by atoms with E-state index in [-0.39, 0.29) is 0 Å². The van der Waals surface area contributed by atoms with Crippen molar-refractivity contribution in [1.29, 1.82) is 0 Å². The van der Waals surface area contributed by atoms with E-state index in [9.17, 15) is 4.39 Å². The molecule has 0 aliphatic rings. The Morgan fingerprint density at radius 1 is 0.812 bits per heavy atom. The molecule has 5 rings (SSSR count). The fourth-order valence-corrected chi connectivity index (χ4v) is 3.74. The highest BCUT2D eigenvalue weighted by molar-refractivity contribution is 6.42. The van der Waals surface area contributed by atoms with Gasteiger partial charge in [0.15, 0.2) is 5.82 Å². The van der Waals surface area contributed by atoms with Gasteiger partial charge in [0.2, 0.25) is 0 Å². The molecule has 0 N–H and O–H groups in total. The number of tetrazole rings is 1. The molecule has 158 valence electrons. The molecule has 0 saturated heterocycles. The van der Waals surface area contributed by atoms with Gasteiger partial charge in [-0.05, 0) is 59.8 Å². The average molecular weight is 465 g/mol. The number of aryl methyl sites for hydroxylation is 1. The van der Waals surface area contributed by atoms with Gasteiger partial charge >= 0.3 is 0 Å². The van der Waals surface area contributed by atoms with Crippen LogP contribution in [-0.2, 0) is 0 Å². The smallest absolute Gasteiger partial charge is 0.190 e. The molecule has 2 aromatic heterocycles. The Morgan fingerprint density at radius 2 is 1.56 bits per heavy atom. The summed E-state index contributed by atoms with van der Waals surface area (Å²) in [7, 11) is 0. The fraction of sp³-hybridized carbons (Fsp3) is 0.0435. The molecule has 0 spiro atoms. The summed E-state index contributed by atoms with van der Waals surface area (Å²) in [5, 5.41) is 17.5. The number of aromatic nitrogens is 6. The van der Waals surface area contributed by atoms with Crippen molar-refractivity contribution in [1.82, 2.24) is 30.0 Å². The topological polar surface area (TPSA) is 61.4 Å². The Hall–Kier alpha value is -3.55. The summed E-state index contributed by atoms with van der Waals surface area (Å²) in [5.41, 5.74) is 3.92. The molecule has 3 aromatic carbocycles. The second-order valence-electron chi connectivity index (χ2n) is 7.15. The van der Waals surface area contributed by atoms with Gasteiger partial charge < -0.3 is 0 Å².